The number of ether oxygens (including phenoxy) is 1. The summed E-state index contributed by atoms with van der Waals surface area (Å²) in [6.07, 6.45) is 0.859. The molecule has 4 nitrogen and oxygen atoms in total. The van der Waals surface area contributed by atoms with Crippen molar-refractivity contribution in [2.45, 2.75) is 25.0 Å². The highest BCUT2D eigenvalue weighted by Gasteiger charge is 2.24. The van der Waals surface area contributed by atoms with Crippen molar-refractivity contribution in [3.63, 3.8) is 0 Å². The van der Waals surface area contributed by atoms with Crippen LogP contribution in [0.2, 0.25) is 5.02 Å². The quantitative estimate of drug-likeness (QED) is 0.747. The van der Waals surface area contributed by atoms with Gasteiger partial charge in [-0.1, -0.05) is 11.6 Å². The molecule has 18 heavy (non-hydrogen) atoms. The number of benzene rings is 1. The Bertz CT molecular complexity index is 423. The van der Waals surface area contributed by atoms with Crippen LogP contribution in [0.3, 0.4) is 0 Å². The molecule has 3 N–H and O–H groups in total. The summed E-state index contributed by atoms with van der Waals surface area (Å²) in [7, 11) is 0. The first-order valence-electron chi connectivity index (χ1n) is 5.99. The van der Waals surface area contributed by atoms with Gasteiger partial charge in [0.1, 0.15) is 11.9 Å². The number of hydrogen-bond acceptors (Lipinski definition) is 4. The van der Waals surface area contributed by atoms with Gasteiger partial charge in [-0.2, -0.15) is 0 Å². The smallest absolute Gasteiger partial charge is 0.123 e. The van der Waals surface area contributed by atoms with Gasteiger partial charge in [-0.15, -0.1) is 0 Å². The fraction of sp³-hybridized carbons (Fsp3) is 0.538. The highest BCUT2D eigenvalue weighted by molar-refractivity contribution is 6.30. The molecule has 0 spiro atoms. The molecule has 0 aliphatic carbocycles. The number of aliphatic hydroxyl groups excluding tert-OH is 1. The SMILES string of the molecule is CC(O)(CO)CNCC1Cc2cc(Cl)ccc2O1. The lowest BCUT2D eigenvalue weighted by molar-refractivity contribution is 0.00151. The third kappa shape index (κ3) is 3.36. The van der Waals surface area contributed by atoms with Gasteiger partial charge in [-0.3, -0.25) is 0 Å². The monoisotopic (exact) mass is 271 g/mol. The molecule has 1 aromatic rings. The molecule has 0 saturated heterocycles. The number of rotatable bonds is 5. The molecule has 2 atom stereocenters. The lowest BCUT2D eigenvalue weighted by Gasteiger charge is -2.21. The molecular formula is C13H18ClNO3. The summed E-state index contributed by atoms with van der Waals surface area (Å²) in [5, 5.41) is 22.4. The molecule has 1 aliphatic heterocycles. The molecule has 2 rings (SSSR count). The van der Waals surface area contributed by atoms with Crippen molar-refractivity contribution in [2.75, 3.05) is 19.7 Å². The van der Waals surface area contributed by atoms with E-state index in [9.17, 15) is 5.11 Å². The van der Waals surface area contributed by atoms with E-state index in [4.69, 9.17) is 21.4 Å². The first kappa shape index (κ1) is 13.6. The van der Waals surface area contributed by atoms with Crippen LogP contribution >= 0.6 is 11.6 Å². The van der Waals surface area contributed by atoms with Gasteiger partial charge in [0.15, 0.2) is 0 Å². The van der Waals surface area contributed by atoms with E-state index in [0.29, 0.717) is 18.1 Å². The molecule has 0 bridgehead atoms. The number of nitrogens with one attached hydrogen (secondary N) is 1. The van der Waals surface area contributed by atoms with Gasteiger partial charge in [0, 0.05) is 24.5 Å². The second kappa shape index (κ2) is 5.45. The third-order valence-corrected chi connectivity index (χ3v) is 3.22. The maximum absolute atomic E-state index is 9.64. The molecular weight excluding hydrogens is 254 g/mol. The molecule has 5 heteroatoms. The number of fused-ring (bicyclic) bond motifs is 1. The topological polar surface area (TPSA) is 61.7 Å². The first-order chi connectivity index (χ1) is 8.50. The molecule has 0 radical (unpaired) electrons. The van der Waals surface area contributed by atoms with Crippen molar-refractivity contribution in [2.24, 2.45) is 0 Å². The lowest BCUT2D eigenvalue weighted by Crippen LogP contribution is -2.43. The van der Waals surface area contributed by atoms with Crippen LogP contribution in [-0.2, 0) is 6.42 Å². The minimum absolute atomic E-state index is 0.0490. The van der Waals surface area contributed by atoms with Gasteiger partial charge >= 0.3 is 0 Å². The Hall–Kier alpha value is -0.810. The van der Waals surface area contributed by atoms with Crippen molar-refractivity contribution in [1.29, 1.82) is 0 Å². The third-order valence-electron chi connectivity index (χ3n) is 2.98. The summed E-state index contributed by atoms with van der Waals surface area (Å²) < 4.78 is 5.75. The average molecular weight is 272 g/mol. The Kier molecular flexibility index (Phi) is 4.12. The molecule has 2 unspecified atom stereocenters. The second-order valence-electron chi connectivity index (χ2n) is 4.98. The zero-order chi connectivity index (χ0) is 13.2. The molecule has 0 fully saturated rings. The van der Waals surface area contributed by atoms with Gasteiger partial charge in [0.05, 0.1) is 12.2 Å². The van der Waals surface area contributed by atoms with Crippen LogP contribution in [-0.4, -0.2) is 41.6 Å². The van der Waals surface area contributed by atoms with Gasteiger partial charge in [-0.05, 0) is 30.7 Å². The van der Waals surface area contributed by atoms with E-state index in [1.165, 1.54) is 0 Å². The minimum Gasteiger partial charge on any atom is -0.488 e. The zero-order valence-electron chi connectivity index (χ0n) is 10.3. The second-order valence-corrected chi connectivity index (χ2v) is 5.42. The maximum Gasteiger partial charge on any atom is 0.123 e. The number of aliphatic hydroxyl groups is 2. The standard InChI is InChI=1S/C13H18ClNO3/c1-13(17,8-16)7-15-6-11-5-9-4-10(14)2-3-12(9)18-11/h2-4,11,15-17H,5-8H2,1H3. The van der Waals surface area contributed by atoms with Crippen molar-refractivity contribution in [3.05, 3.63) is 28.8 Å². The fourth-order valence-electron chi connectivity index (χ4n) is 1.96. The van der Waals surface area contributed by atoms with E-state index in [0.717, 1.165) is 17.7 Å². The molecule has 0 saturated carbocycles. The molecule has 0 aromatic heterocycles. The van der Waals surface area contributed by atoms with E-state index < -0.39 is 5.60 Å². The first-order valence-corrected chi connectivity index (χ1v) is 6.37. The Morgan fingerprint density at radius 2 is 2.33 bits per heavy atom. The Labute approximate surface area is 112 Å². The van der Waals surface area contributed by atoms with E-state index >= 15 is 0 Å². The summed E-state index contributed by atoms with van der Waals surface area (Å²) in [4.78, 5) is 0. The lowest BCUT2D eigenvalue weighted by atomic mass is 10.1. The normalized spacial score (nSPS) is 21.2. The Morgan fingerprint density at radius 1 is 1.56 bits per heavy atom. The van der Waals surface area contributed by atoms with Crippen molar-refractivity contribution < 1.29 is 14.9 Å². The molecule has 0 amide bonds. The minimum atomic E-state index is -1.09. The summed E-state index contributed by atoms with van der Waals surface area (Å²) in [5.41, 5.74) is 0.0256. The predicted octanol–water partition coefficient (Wildman–Crippen LogP) is 0.976. The van der Waals surface area contributed by atoms with Crippen molar-refractivity contribution in [3.8, 4) is 5.75 Å². The molecule has 1 heterocycles. The Balaban J connectivity index is 1.81. The van der Waals surface area contributed by atoms with Gasteiger partial charge < -0.3 is 20.3 Å². The Morgan fingerprint density at radius 3 is 3.06 bits per heavy atom. The van der Waals surface area contributed by atoms with E-state index in [1.54, 1.807) is 6.92 Å². The number of halogens is 1. The van der Waals surface area contributed by atoms with Crippen molar-refractivity contribution >= 4 is 11.6 Å². The van der Waals surface area contributed by atoms with Crippen LogP contribution in [0.25, 0.3) is 0 Å². The van der Waals surface area contributed by atoms with Gasteiger partial charge in [0.2, 0.25) is 0 Å². The summed E-state index contributed by atoms with van der Waals surface area (Å²) >= 11 is 5.92. The van der Waals surface area contributed by atoms with Crippen LogP contribution in [0.1, 0.15) is 12.5 Å². The van der Waals surface area contributed by atoms with Crippen LogP contribution in [0.15, 0.2) is 18.2 Å². The van der Waals surface area contributed by atoms with Crippen LogP contribution < -0.4 is 10.1 Å². The largest absolute Gasteiger partial charge is 0.488 e. The van der Waals surface area contributed by atoms with Crippen LogP contribution in [0.4, 0.5) is 0 Å². The number of hydrogen-bond donors (Lipinski definition) is 3. The van der Waals surface area contributed by atoms with Crippen LogP contribution in [0.5, 0.6) is 5.75 Å². The predicted molar refractivity (Wildman–Crippen MR) is 70.2 cm³/mol. The highest BCUT2D eigenvalue weighted by atomic mass is 35.5. The highest BCUT2D eigenvalue weighted by Crippen LogP contribution is 2.30. The fourth-order valence-corrected chi connectivity index (χ4v) is 2.16. The summed E-state index contributed by atoms with van der Waals surface area (Å²) in [5.74, 6) is 0.875. The zero-order valence-corrected chi connectivity index (χ0v) is 11.1. The summed E-state index contributed by atoms with van der Waals surface area (Å²) in [6.45, 7) is 2.29. The maximum atomic E-state index is 9.64. The van der Waals surface area contributed by atoms with E-state index in [2.05, 4.69) is 5.32 Å². The molecule has 1 aromatic carbocycles. The van der Waals surface area contributed by atoms with E-state index in [1.807, 2.05) is 18.2 Å². The molecule has 1 aliphatic rings. The van der Waals surface area contributed by atoms with Crippen molar-refractivity contribution in [1.82, 2.24) is 5.32 Å². The average Bonchev–Trinajstić information content (AvgIpc) is 2.70. The van der Waals surface area contributed by atoms with E-state index in [-0.39, 0.29) is 12.7 Å². The summed E-state index contributed by atoms with van der Waals surface area (Å²) in [6, 6.07) is 5.61. The van der Waals surface area contributed by atoms with Crippen LogP contribution in [0, 0.1) is 0 Å². The molecule has 100 valence electrons. The van der Waals surface area contributed by atoms with Gasteiger partial charge in [0.25, 0.3) is 0 Å². The van der Waals surface area contributed by atoms with Gasteiger partial charge in [-0.25, -0.2) is 0 Å².